The number of fused-ring (bicyclic) bond motifs is 4. The van der Waals surface area contributed by atoms with Gasteiger partial charge in [0.25, 0.3) is 0 Å². The minimum Gasteiger partial charge on any atom is -0.467 e. The van der Waals surface area contributed by atoms with Gasteiger partial charge in [0.2, 0.25) is 5.91 Å². The lowest BCUT2D eigenvalue weighted by molar-refractivity contribution is -0.130. The Hall–Kier alpha value is -2.80. The molecule has 8 heteroatoms. The van der Waals surface area contributed by atoms with Crippen LogP contribution >= 0.6 is 35.4 Å². The maximum absolute atomic E-state index is 13.7. The van der Waals surface area contributed by atoms with E-state index < -0.39 is 17.7 Å². The number of para-hydroxylation sites is 1. The highest BCUT2D eigenvalue weighted by Gasteiger charge is 2.59. The molecule has 0 unspecified atom stereocenters. The van der Waals surface area contributed by atoms with E-state index in [9.17, 15) is 4.79 Å². The third-order valence-electron chi connectivity index (χ3n) is 5.87. The van der Waals surface area contributed by atoms with E-state index >= 15 is 0 Å². The second-order valence-corrected chi connectivity index (χ2v) is 9.17. The van der Waals surface area contributed by atoms with Gasteiger partial charge in [0.15, 0.2) is 10.8 Å². The molecule has 0 aliphatic carbocycles. The summed E-state index contributed by atoms with van der Waals surface area (Å²) in [6.07, 6.45) is 0. The van der Waals surface area contributed by atoms with Crippen molar-refractivity contribution in [2.45, 2.75) is 18.7 Å². The first-order valence-corrected chi connectivity index (χ1v) is 11.2. The van der Waals surface area contributed by atoms with Crippen LogP contribution in [-0.2, 0) is 4.79 Å². The molecule has 5 rings (SSSR count). The Morgan fingerprint density at radius 2 is 1.75 bits per heavy atom. The molecule has 32 heavy (non-hydrogen) atoms. The minimum absolute atomic E-state index is 0.207. The Morgan fingerprint density at radius 3 is 2.47 bits per heavy atom. The zero-order valence-electron chi connectivity index (χ0n) is 17.0. The maximum atomic E-state index is 13.7. The normalized spacial score (nSPS) is 23.6. The first-order valence-electron chi connectivity index (χ1n) is 10.1. The third-order valence-corrected chi connectivity index (χ3v) is 6.66. The highest BCUT2D eigenvalue weighted by Crippen LogP contribution is 2.50. The number of thiocarbonyl (C=S) groups is 1. The van der Waals surface area contributed by atoms with E-state index in [2.05, 4.69) is 10.6 Å². The van der Waals surface area contributed by atoms with Crippen LogP contribution < -0.4 is 20.3 Å². The fourth-order valence-corrected chi connectivity index (χ4v) is 5.19. The molecule has 162 valence electrons. The molecule has 0 spiro atoms. The number of ether oxygens (including phenoxy) is 1. The average molecular weight is 484 g/mol. The van der Waals surface area contributed by atoms with E-state index in [0.29, 0.717) is 26.6 Å². The summed E-state index contributed by atoms with van der Waals surface area (Å²) in [4.78, 5) is 15.5. The molecule has 3 atom stereocenters. The molecule has 2 aliphatic rings. The van der Waals surface area contributed by atoms with Crippen molar-refractivity contribution in [3.63, 3.8) is 0 Å². The quantitative estimate of drug-likeness (QED) is 0.461. The van der Waals surface area contributed by atoms with Gasteiger partial charge in [-0.3, -0.25) is 9.69 Å². The standard InChI is InChI=1S/C24H19Cl2N3O2S/c1-24-20(22(30)27-16-10-7-14(25)8-11-16)21(18-13-15(26)9-12-19(18)31-24)28-23(32)29(24)17-5-3-2-4-6-17/h2-13,20-21H,1H3,(H,27,30)(H,28,32)/t20-,21+,24+/m1/s1. The van der Waals surface area contributed by atoms with Crippen LogP contribution in [0.25, 0.3) is 0 Å². The van der Waals surface area contributed by atoms with Gasteiger partial charge in [-0.1, -0.05) is 41.4 Å². The first-order chi connectivity index (χ1) is 15.4. The van der Waals surface area contributed by atoms with Crippen LogP contribution in [0.3, 0.4) is 0 Å². The van der Waals surface area contributed by atoms with Crippen LogP contribution in [0.5, 0.6) is 5.75 Å². The fraction of sp³-hybridized carbons (Fsp3) is 0.167. The highest BCUT2D eigenvalue weighted by molar-refractivity contribution is 7.80. The van der Waals surface area contributed by atoms with Gasteiger partial charge in [-0.05, 0) is 73.7 Å². The number of nitrogens with one attached hydrogen (secondary N) is 2. The van der Waals surface area contributed by atoms with Crippen LogP contribution in [0.15, 0.2) is 72.8 Å². The van der Waals surface area contributed by atoms with Crippen molar-refractivity contribution in [3.8, 4) is 5.75 Å². The van der Waals surface area contributed by atoms with Crippen LogP contribution in [-0.4, -0.2) is 16.7 Å². The molecule has 1 amide bonds. The van der Waals surface area contributed by atoms with Gasteiger partial charge in [0, 0.05) is 27.0 Å². The topological polar surface area (TPSA) is 53.6 Å². The van der Waals surface area contributed by atoms with Gasteiger partial charge in [-0.15, -0.1) is 0 Å². The summed E-state index contributed by atoms with van der Waals surface area (Å²) in [5, 5.41) is 8.01. The van der Waals surface area contributed by atoms with E-state index in [-0.39, 0.29) is 5.91 Å². The predicted molar refractivity (Wildman–Crippen MR) is 131 cm³/mol. The van der Waals surface area contributed by atoms with E-state index in [1.807, 2.05) is 54.3 Å². The van der Waals surface area contributed by atoms with Crippen LogP contribution in [0.1, 0.15) is 18.5 Å². The van der Waals surface area contributed by atoms with Crippen molar-refractivity contribution >= 4 is 57.8 Å². The lowest BCUT2D eigenvalue weighted by Crippen LogP contribution is -2.72. The highest BCUT2D eigenvalue weighted by atomic mass is 35.5. The Morgan fingerprint density at radius 1 is 1.06 bits per heavy atom. The lowest BCUT2D eigenvalue weighted by Gasteiger charge is -2.56. The Balaban J connectivity index is 1.62. The van der Waals surface area contributed by atoms with Crippen molar-refractivity contribution in [2.24, 2.45) is 5.92 Å². The number of carbonyl (C=O) groups is 1. The minimum atomic E-state index is -1.08. The molecule has 1 fully saturated rings. The molecule has 2 heterocycles. The molecule has 2 N–H and O–H groups in total. The lowest BCUT2D eigenvalue weighted by atomic mass is 9.78. The first kappa shape index (κ1) is 21.1. The summed E-state index contributed by atoms with van der Waals surface area (Å²) in [5.41, 5.74) is 1.19. The van der Waals surface area contributed by atoms with Gasteiger partial charge < -0.3 is 15.4 Å². The summed E-state index contributed by atoms with van der Waals surface area (Å²) in [7, 11) is 0. The van der Waals surface area contributed by atoms with E-state index in [4.69, 9.17) is 40.2 Å². The molecule has 3 aromatic carbocycles. The van der Waals surface area contributed by atoms with Gasteiger partial charge >= 0.3 is 0 Å². The second kappa shape index (κ2) is 7.96. The maximum Gasteiger partial charge on any atom is 0.236 e. The molecule has 2 bridgehead atoms. The van der Waals surface area contributed by atoms with Crippen LogP contribution in [0, 0.1) is 5.92 Å². The van der Waals surface area contributed by atoms with Crippen molar-refractivity contribution < 1.29 is 9.53 Å². The number of anilines is 2. The Labute approximate surface area is 201 Å². The fourth-order valence-electron chi connectivity index (χ4n) is 4.47. The van der Waals surface area contributed by atoms with Gasteiger partial charge in [0.05, 0.1) is 6.04 Å². The SMILES string of the molecule is C[C@@]12Oc3ccc(Cl)cc3[C@H](NC(=S)N1c1ccccc1)[C@@H]2C(=O)Nc1ccc(Cl)cc1. The summed E-state index contributed by atoms with van der Waals surface area (Å²) >= 11 is 18.0. The molecule has 5 nitrogen and oxygen atoms in total. The second-order valence-electron chi connectivity index (χ2n) is 7.91. The summed E-state index contributed by atoms with van der Waals surface area (Å²) in [6.45, 7) is 1.89. The zero-order valence-corrected chi connectivity index (χ0v) is 19.3. The molecule has 0 aromatic heterocycles. The molecule has 0 radical (unpaired) electrons. The van der Waals surface area contributed by atoms with Crippen molar-refractivity contribution in [2.75, 3.05) is 10.2 Å². The summed E-state index contributed by atoms with van der Waals surface area (Å²) in [6, 6.07) is 21.7. The molecule has 3 aromatic rings. The van der Waals surface area contributed by atoms with Crippen molar-refractivity contribution in [1.29, 1.82) is 0 Å². The number of rotatable bonds is 3. The number of carbonyl (C=O) groups excluding carboxylic acids is 1. The van der Waals surface area contributed by atoms with Gasteiger partial charge in [0.1, 0.15) is 11.7 Å². The van der Waals surface area contributed by atoms with Crippen molar-refractivity contribution in [1.82, 2.24) is 5.32 Å². The Bertz CT molecular complexity index is 1210. The number of halogens is 2. The third kappa shape index (κ3) is 3.48. The smallest absolute Gasteiger partial charge is 0.236 e. The molecule has 1 saturated heterocycles. The summed E-state index contributed by atoms with van der Waals surface area (Å²) < 4.78 is 6.53. The summed E-state index contributed by atoms with van der Waals surface area (Å²) in [5.74, 6) is -0.189. The van der Waals surface area contributed by atoms with Gasteiger partial charge in [-0.2, -0.15) is 0 Å². The van der Waals surface area contributed by atoms with E-state index in [1.54, 1.807) is 30.3 Å². The van der Waals surface area contributed by atoms with E-state index in [1.165, 1.54) is 0 Å². The predicted octanol–water partition coefficient (Wildman–Crippen LogP) is 5.79. The number of hydrogen-bond donors (Lipinski definition) is 2. The zero-order chi connectivity index (χ0) is 22.5. The van der Waals surface area contributed by atoms with Crippen molar-refractivity contribution in [3.05, 3.63) is 88.4 Å². The average Bonchev–Trinajstić information content (AvgIpc) is 2.76. The molecular weight excluding hydrogens is 465 g/mol. The Kier molecular flexibility index (Phi) is 5.24. The van der Waals surface area contributed by atoms with Gasteiger partial charge in [-0.25, -0.2) is 0 Å². The van der Waals surface area contributed by atoms with Crippen LogP contribution in [0.2, 0.25) is 10.0 Å². The largest absolute Gasteiger partial charge is 0.467 e. The molecule has 2 aliphatic heterocycles. The number of nitrogens with zero attached hydrogens (tertiary/aromatic N) is 1. The number of hydrogen-bond acceptors (Lipinski definition) is 3. The number of amides is 1. The van der Waals surface area contributed by atoms with E-state index in [0.717, 1.165) is 11.3 Å². The van der Waals surface area contributed by atoms with Crippen LogP contribution in [0.4, 0.5) is 11.4 Å². The molecular formula is C24H19Cl2N3O2S. The molecule has 0 saturated carbocycles. The monoisotopic (exact) mass is 483 g/mol. The number of benzene rings is 3.